The van der Waals surface area contributed by atoms with Crippen molar-refractivity contribution in [2.24, 2.45) is 0 Å². The SMILES string of the molecule is O=C(NCc1ccccn1)c1ccc(Nc2c(Cl)cccc2Cl)nc1. The molecule has 2 N–H and O–H groups in total. The van der Waals surface area contributed by atoms with Gasteiger partial charge < -0.3 is 10.6 Å². The van der Waals surface area contributed by atoms with E-state index in [0.29, 0.717) is 33.7 Å². The molecule has 0 saturated carbocycles. The van der Waals surface area contributed by atoms with Gasteiger partial charge in [0.25, 0.3) is 5.91 Å². The second kappa shape index (κ2) is 7.96. The first kappa shape index (κ1) is 17.2. The van der Waals surface area contributed by atoms with E-state index in [1.807, 2.05) is 18.2 Å². The van der Waals surface area contributed by atoms with Gasteiger partial charge in [0, 0.05) is 12.4 Å². The maximum absolute atomic E-state index is 12.2. The third-order valence-corrected chi connectivity index (χ3v) is 4.03. The molecule has 0 spiro atoms. The number of halogens is 2. The smallest absolute Gasteiger partial charge is 0.253 e. The zero-order chi connectivity index (χ0) is 17.6. The molecule has 0 aliphatic heterocycles. The summed E-state index contributed by atoms with van der Waals surface area (Å²) in [6, 6.07) is 14.1. The minimum Gasteiger partial charge on any atom is -0.346 e. The molecule has 0 atom stereocenters. The lowest BCUT2D eigenvalue weighted by Gasteiger charge is -2.10. The zero-order valence-corrected chi connectivity index (χ0v) is 14.6. The number of rotatable bonds is 5. The van der Waals surface area contributed by atoms with Crippen LogP contribution in [0.4, 0.5) is 11.5 Å². The summed E-state index contributed by atoms with van der Waals surface area (Å²) in [5.41, 5.74) is 1.81. The minimum atomic E-state index is -0.222. The summed E-state index contributed by atoms with van der Waals surface area (Å²) in [5, 5.41) is 6.83. The molecule has 7 heteroatoms. The van der Waals surface area contributed by atoms with Crippen LogP contribution in [0.1, 0.15) is 16.1 Å². The Morgan fingerprint density at radius 1 is 0.960 bits per heavy atom. The average Bonchev–Trinajstić information content (AvgIpc) is 2.64. The Morgan fingerprint density at radius 2 is 1.76 bits per heavy atom. The van der Waals surface area contributed by atoms with Crippen LogP contribution in [0.3, 0.4) is 0 Å². The Labute approximate surface area is 155 Å². The summed E-state index contributed by atoms with van der Waals surface area (Å²) >= 11 is 12.2. The van der Waals surface area contributed by atoms with E-state index < -0.39 is 0 Å². The van der Waals surface area contributed by atoms with E-state index in [2.05, 4.69) is 20.6 Å². The van der Waals surface area contributed by atoms with Crippen LogP contribution in [0.25, 0.3) is 0 Å². The van der Waals surface area contributed by atoms with Gasteiger partial charge in [0.15, 0.2) is 0 Å². The highest BCUT2D eigenvalue weighted by Gasteiger charge is 2.09. The molecule has 0 saturated heterocycles. The molecule has 126 valence electrons. The molecule has 0 fully saturated rings. The maximum Gasteiger partial charge on any atom is 0.253 e. The number of amides is 1. The van der Waals surface area contributed by atoms with Gasteiger partial charge in [-0.3, -0.25) is 9.78 Å². The molecular formula is C18H14Cl2N4O. The summed E-state index contributed by atoms with van der Waals surface area (Å²) < 4.78 is 0. The van der Waals surface area contributed by atoms with Crippen molar-refractivity contribution in [3.05, 3.63) is 82.2 Å². The normalized spacial score (nSPS) is 10.3. The zero-order valence-electron chi connectivity index (χ0n) is 13.0. The molecule has 0 aliphatic carbocycles. The number of anilines is 2. The topological polar surface area (TPSA) is 66.9 Å². The number of nitrogens with zero attached hydrogens (tertiary/aromatic N) is 2. The number of hydrogen-bond donors (Lipinski definition) is 2. The quantitative estimate of drug-likeness (QED) is 0.693. The molecule has 5 nitrogen and oxygen atoms in total. The van der Waals surface area contributed by atoms with Crippen molar-refractivity contribution in [3.63, 3.8) is 0 Å². The van der Waals surface area contributed by atoms with Crippen molar-refractivity contribution < 1.29 is 4.79 Å². The van der Waals surface area contributed by atoms with E-state index >= 15 is 0 Å². The van der Waals surface area contributed by atoms with Crippen molar-refractivity contribution in [2.45, 2.75) is 6.54 Å². The van der Waals surface area contributed by atoms with Crippen LogP contribution in [0.5, 0.6) is 0 Å². The van der Waals surface area contributed by atoms with E-state index in [9.17, 15) is 4.79 Å². The fraction of sp³-hybridized carbons (Fsp3) is 0.0556. The Hall–Kier alpha value is -2.63. The van der Waals surface area contributed by atoms with Gasteiger partial charge in [-0.1, -0.05) is 35.3 Å². The van der Waals surface area contributed by atoms with E-state index in [4.69, 9.17) is 23.2 Å². The van der Waals surface area contributed by atoms with Crippen LogP contribution < -0.4 is 10.6 Å². The molecule has 3 rings (SSSR count). The summed E-state index contributed by atoms with van der Waals surface area (Å²) in [6.07, 6.45) is 3.17. The number of benzene rings is 1. The summed E-state index contributed by atoms with van der Waals surface area (Å²) in [7, 11) is 0. The summed E-state index contributed by atoms with van der Waals surface area (Å²) in [4.78, 5) is 20.5. The van der Waals surface area contributed by atoms with Crippen LogP contribution in [-0.4, -0.2) is 15.9 Å². The predicted molar refractivity (Wildman–Crippen MR) is 99.4 cm³/mol. The fourth-order valence-electron chi connectivity index (χ4n) is 2.12. The highest BCUT2D eigenvalue weighted by Crippen LogP contribution is 2.31. The third-order valence-electron chi connectivity index (χ3n) is 3.40. The van der Waals surface area contributed by atoms with E-state index in [-0.39, 0.29) is 5.91 Å². The van der Waals surface area contributed by atoms with Gasteiger partial charge >= 0.3 is 0 Å². The van der Waals surface area contributed by atoms with Crippen molar-refractivity contribution in [2.75, 3.05) is 5.32 Å². The van der Waals surface area contributed by atoms with Crippen molar-refractivity contribution in [1.82, 2.24) is 15.3 Å². The highest BCUT2D eigenvalue weighted by atomic mass is 35.5. The number of carbonyl (C=O) groups excluding carboxylic acids is 1. The van der Waals surface area contributed by atoms with Gasteiger partial charge in [-0.05, 0) is 36.4 Å². The van der Waals surface area contributed by atoms with Crippen molar-refractivity contribution >= 4 is 40.6 Å². The number of pyridine rings is 2. The lowest BCUT2D eigenvalue weighted by atomic mass is 10.2. The molecule has 1 amide bonds. The molecule has 0 radical (unpaired) electrons. The van der Waals surface area contributed by atoms with Crippen LogP contribution in [0.15, 0.2) is 60.9 Å². The summed E-state index contributed by atoms with van der Waals surface area (Å²) in [6.45, 7) is 0.356. The number of para-hydroxylation sites is 1. The van der Waals surface area contributed by atoms with Crippen LogP contribution >= 0.6 is 23.2 Å². The Morgan fingerprint density at radius 3 is 2.40 bits per heavy atom. The minimum absolute atomic E-state index is 0.222. The molecule has 3 aromatic rings. The molecule has 1 aromatic carbocycles. The molecule has 0 aliphatic rings. The first-order valence-corrected chi connectivity index (χ1v) is 8.24. The first-order chi connectivity index (χ1) is 12.1. The van der Waals surface area contributed by atoms with Gasteiger partial charge in [-0.15, -0.1) is 0 Å². The lowest BCUT2D eigenvalue weighted by molar-refractivity contribution is 0.0950. The number of hydrogen-bond acceptors (Lipinski definition) is 4. The van der Waals surface area contributed by atoms with E-state index in [1.165, 1.54) is 6.20 Å². The highest BCUT2D eigenvalue weighted by molar-refractivity contribution is 6.39. The van der Waals surface area contributed by atoms with Crippen LogP contribution in [-0.2, 0) is 6.54 Å². The summed E-state index contributed by atoms with van der Waals surface area (Å²) in [5.74, 6) is 0.316. The van der Waals surface area contributed by atoms with Gasteiger partial charge in [-0.2, -0.15) is 0 Å². The fourth-order valence-corrected chi connectivity index (χ4v) is 2.61. The Kier molecular flexibility index (Phi) is 5.48. The lowest BCUT2D eigenvalue weighted by Crippen LogP contribution is -2.23. The third kappa shape index (κ3) is 4.47. The van der Waals surface area contributed by atoms with Gasteiger partial charge in [0.05, 0.1) is 33.5 Å². The maximum atomic E-state index is 12.2. The van der Waals surface area contributed by atoms with E-state index in [1.54, 1.807) is 36.5 Å². The van der Waals surface area contributed by atoms with Crippen LogP contribution in [0, 0.1) is 0 Å². The second-order valence-corrected chi connectivity index (χ2v) is 5.97. The molecule has 2 heterocycles. The van der Waals surface area contributed by atoms with Crippen LogP contribution in [0.2, 0.25) is 10.0 Å². The molecule has 2 aromatic heterocycles. The van der Waals surface area contributed by atoms with E-state index in [0.717, 1.165) is 5.69 Å². The standard InChI is InChI=1S/C18H14Cl2N4O/c19-14-5-3-6-15(20)17(14)24-16-8-7-12(10-22-16)18(25)23-11-13-4-1-2-9-21-13/h1-10H,11H2,(H,22,24)(H,23,25). The monoisotopic (exact) mass is 372 g/mol. The average molecular weight is 373 g/mol. The molecular weight excluding hydrogens is 359 g/mol. The number of nitrogens with one attached hydrogen (secondary N) is 2. The Bertz CT molecular complexity index is 850. The Balaban J connectivity index is 1.64. The van der Waals surface area contributed by atoms with Crippen molar-refractivity contribution in [3.8, 4) is 0 Å². The second-order valence-electron chi connectivity index (χ2n) is 5.16. The number of carbonyl (C=O) groups is 1. The van der Waals surface area contributed by atoms with Gasteiger partial charge in [0.1, 0.15) is 5.82 Å². The van der Waals surface area contributed by atoms with Crippen molar-refractivity contribution in [1.29, 1.82) is 0 Å². The first-order valence-electron chi connectivity index (χ1n) is 7.48. The van der Waals surface area contributed by atoms with Gasteiger partial charge in [0.2, 0.25) is 0 Å². The van der Waals surface area contributed by atoms with Gasteiger partial charge in [-0.25, -0.2) is 4.98 Å². The largest absolute Gasteiger partial charge is 0.346 e. The molecule has 0 bridgehead atoms. The number of aromatic nitrogens is 2. The predicted octanol–water partition coefficient (Wildman–Crippen LogP) is 4.46. The molecule has 0 unspecified atom stereocenters. The molecule has 25 heavy (non-hydrogen) atoms.